The van der Waals surface area contributed by atoms with Crippen molar-refractivity contribution in [1.82, 2.24) is 19.4 Å². The molecule has 1 aliphatic carbocycles. The maximum atomic E-state index is 13.5. The highest BCUT2D eigenvalue weighted by Gasteiger charge is 2.54. The van der Waals surface area contributed by atoms with E-state index in [0.717, 1.165) is 49.1 Å². The normalized spacial score (nSPS) is 18.2. The molecule has 2 aliphatic rings. The van der Waals surface area contributed by atoms with E-state index in [0.29, 0.717) is 28.9 Å². The molecule has 2 heterocycles. The summed E-state index contributed by atoms with van der Waals surface area (Å²) in [6.45, 7) is 4.07. The van der Waals surface area contributed by atoms with Gasteiger partial charge in [-0.2, -0.15) is 0 Å². The zero-order chi connectivity index (χ0) is 23.9. The molecule has 2 aromatic carbocycles. The summed E-state index contributed by atoms with van der Waals surface area (Å²) in [5.74, 6) is 0.0142. The molecule has 1 N–H and O–H groups in total. The van der Waals surface area contributed by atoms with Crippen LogP contribution in [-0.2, 0) is 16.1 Å². The van der Waals surface area contributed by atoms with Crippen molar-refractivity contribution >= 4 is 38.4 Å². The number of carbonyl (C=O) groups is 1. The SMILES string of the molecule is COCc1ccc(-n2cnc3cc(Br)ccc3c2=O)cc1NC(=O)C1(N2CCN(C)CC2)CC1. The second-order valence-electron chi connectivity index (χ2n) is 9.13. The summed E-state index contributed by atoms with van der Waals surface area (Å²) in [4.78, 5) is 35.7. The number of fused-ring (bicyclic) bond motifs is 1. The van der Waals surface area contributed by atoms with Crippen LogP contribution < -0.4 is 10.9 Å². The number of likely N-dealkylation sites (N-methyl/N-ethyl adjacent to an activating group) is 1. The fraction of sp³-hybridized carbons (Fsp3) is 0.400. The smallest absolute Gasteiger partial charge is 0.265 e. The van der Waals surface area contributed by atoms with E-state index in [1.54, 1.807) is 13.2 Å². The summed E-state index contributed by atoms with van der Waals surface area (Å²) < 4.78 is 7.74. The van der Waals surface area contributed by atoms with E-state index in [4.69, 9.17) is 4.74 Å². The fourth-order valence-electron chi connectivity index (χ4n) is 4.67. The average Bonchev–Trinajstić information content (AvgIpc) is 3.63. The third-order valence-corrected chi connectivity index (χ3v) is 7.39. The van der Waals surface area contributed by atoms with Crippen LogP contribution in [0.25, 0.3) is 16.6 Å². The van der Waals surface area contributed by atoms with Crippen molar-refractivity contribution in [1.29, 1.82) is 0 Å². The van der Waals surface area contributed by atoms with Gasteiger partial charge in [0.25, 0.3) is 5.56 Å². The number of piperazine rings is 1. The summed E-state index contributed by atoms with van der Waals surface area (Å²) in [5, 5.41) is 3.70. The molecule has 0 unspecified atom stereocenters. The van der Waals surface area contributed by atoms with Crippen molar-refractivity contribution in [3.63, 3.8) is 0 Å². The number of rotatable bonds is 6. The topological polar surface area (TPSA) is 79.7 Å². The van der Waals surface area contributed by atoms with Crippen LogP contribution >= 0.6 is 15.9 Å². The number of ether oxygens (including phenoxy) is 1. The Hall–Kier alpha value is -2.59. The summed E-state index contributed by atoms with van der Waals surface area (Å²) in [5.41, 5.74) is 2.19. The van der Waals surface area contributed by atoms with Gasteiger partial charge in [-0.25, -0.2) is 4.98 Å². The number of anilines is 1. The molecule has 9 heteroatoms. The largest absolute Gasteiger partial charge is 0.380 e. The molecular formula is C25H28BrN5O3. The number of methoxy groups -OCH3 is 1. The van der Waals surface area contributed by atoms with Gasteiger partial charge in [0.15, 0.2) is 0 Å². The highest BCUT2D eigenvalue weighted by atomic mass is 79.9. The van der Waals surface area contributed by atoms with Crippen LogP contribution in [0.4, 0.5) is 5.69 Å². The zero-order valence-electron chi connectivity index (χ0n) is 19.4. The van der Waals surface area contributed by atoms with Gasteiger partial charge in [0.1, 0.15) is 11.9 Å². The van der Waals surface area contributed by atoms with E-state index in [1.807, 2.05) is 30.3 Å². The first-order valence-electron chi connectivity index (χ1n) is 11.5. The molecule has 3 aromatic rings. The lowest BCUT2D eigenvalue weighted by molar-refractivity contribution is -0.123. The first-order valence-corrected chi connectivity index (χ1v) is 12.2. The molecule has 0 spiro atoms. The Kier molecular flexibility index (Phi) is 6.28. The van der Waals surface area contributed by atoms with Gasteiger partial charge in [-0.05, 0) is 50.2 Å². The molecule has 34 heavy (non-hydrogen) atoms. The predicted octanol–water partition coefficient (Wildman–Crippen LogP) is 3.01. The average molecular weight is 526 g/mol. The van der Waals surface area contributed by atoms with E-state index in [2.05, 4.69) is 43.1 Å². The number of nitrogens with zero attached hydrogens (tertiary/aromatic N) is 4. The minimum absolute atomic E-state index is 0.0142. The monoisotopic (exact) mass is 525 g/mol. The Labute approximate surface area is 206 Å². The first-order chi connectivity index (χ1) is 16.4. The number of hydrogen-bond acceptors (Lipinski definition) is 6. The number of carbonyl (C=O) groups excluding carboxylic acids is 1. The van der Waals surface area contributed by atoms with Crippen molar-refractivity contribution in [3.05, 3.63) is 63.1 Å². The Bertz CT molecular complexity index is 1300. The lowest BCUT2D eigenvalue weighted by Crippen LogP contribution is -2.54. The number of halogens is 1. The Morgan fingerprint density at radius 2 is 1.91 bits per heavy atom. The van der Waals surface area contributed by atoms with Gasteiger partial charge in [-0.1, -0.05) is 22.0 Å². The van der Waals surface area contributed by atoms with Crippen molar-refractivity contribution in [2.24, 2.45) is 0 Å². The maximum Gasteiger partial charge on any atom is 0.265 e. The lowest BCUT2D eigenvalue weighted by atomic mass is 10.1. The number of benzene rings is 2. The molecule has 1 saturated carbocycles. The van der Waals surface area contributed by atoms with Crippen LogP contribution in [0.1, 0.15) is 18.4 Å². The summed E-state index contributed by atoms with van der Waals surface area (Å²) in [6, 6.07) is 11.0. The molecule has 2 fully saturated rings. The molecular weight excluding hydrogens is 498 g/mol. The Morgan fingerprint density at radius 1 is 1.15 bits per heavy atom. The van der Waals surface area contributed by atoms with Gasteiger partial charge in [0, 0.05) is 49.0 Å². The van der Waals surface area contributed by atoms with E-state index >= 15 is 0 Å². The molecule has 0 radical (unpaired) electrons. The van der Waals surface area contributed by atoms with E-state index < -0.39 is 5.54 Å². The van der Waals surface area contributed by atoms with Crippen molar-refractivity contribution in [2.75, 3.05) is 45.7 Å². The third-order valence-electron chi connectivity index (χ3n) is 6.90. The highest BCUT2D eigenvalue weighted by molar-refractivity contribution is 9.10. The summed E-state index contributed by atoms with van der Waals surface area (Å²) in [6.07, 6.45) is 3.26. The summed E-state index contributed by atoms with van der Waals surface area (Å²) in [7, 11) is 3.74. The van der Waals surface area contributed by atoms with Crippen LogP contribution in [0, 0.1) is 0 Å². The van der Waals surface area contributed by atoms with E-state index in [9.17, 15) is 9.59 Å². The van der Waals surface area contributed by atoms with E-state index in [1.165, 1.54) is 10.9 Å². The lowest BCUT2D eigenvalue weighted by Gasteiger charge is -2.37. The van der Waals surface area contributed by atoms with Gasteiger partial charge < -0.3 is 15.0 Å². The van der Waals surface area contributed by atoms with Crippen molar-refractivity contribution in [3.8, 4) is 5.69 Å². The predicted molar refractivity (Wildman–Crippen MR) is 135 cm³/mol. The van der Waals surface area contributed by atoms with Gasteiger partial charge in [-0.3, -0.25) is 19.1 Å². The number of aromatic nitrogens is 2. The molecule has 1 aromatic heterocycles. The van der Waals surface area contributed by atoms with Gasteiger partial charge in [-0.15, -0.1) is 0 Å². The van der Waals surface area contributed by atoms with Crippen LogP contribution in [0.5, 0.6) is 0 Å². The Balaban J connectivity index is 1.47. The molecule has 1 saturated heterocycles. The second kappa shape index (κ2) is 9.22. The maximum absolute atomic E-state index is 13.5. The highest BCUT2D eigenvalue weighted by Crippen LogP contribution is 2.43. The van der Waals surface area contributed by atoms with E-state index in [-0.39, 0.29) is 11.5 Å². The standard InChI is InChI=1S/C25H28BrN5O3/c1-29-9-11-30(12-10-29)25(7-8-25)24(33)28-21-14-19(5-3-17(21)15-34-2)31-16-27-22-13-18(26)4-6-20(22)23(31)32/h3-6,13-14,16H,7-12,15H2,1-2H3,(H,28,33). The van der Waals surface area contributed by atoms with Crippen molar-refractivity contribution < 1.29 is 9.53 Å². The minimum Gasteiger partial charge on any atom is -0.380 e. The molecule has 1 aliphatic heterocycles. The summed E-state index contributed by atoms with van der Waals surface area (Å²) >= 11 is 3.42. The minimum atomic E-state index is -0.434. The molecule has 0 atom stereocenters. The van der Waals surface area contributed by atoms with Crippen molar-refractivity contribution in [2.45, 2.75) is 25.0 Å². The Morgan fingerprint density at radius 3 is 2.62 bits per heavy atom. The van der Waals surface area contributed by atoms with Gasteiger partial charge >= 0.3 is 0 Å². The third kappa shape index (κ3) is 4.29. The molecule has 1 amide bonds. The number of amides is 1. The van der Waals surface area contributed by atoms with Crippen LogP contribution in [-0.4, -0.2) is 71.1 Å². The van der Waals surface area contributed by atoms with Gasteiger partial charge in [0.05, 0.1) is 23.2 Å². The first kappa shape index (κ1) is 23.2. The van der Waals surface area contributed by atoms with Crippen LogP contribution in [0.2, 0.25) is 0 Å². The van der Waals surface area contributed by atoms with Gasteiger partial charge in [0.2, 0.25) is 5.91 Å². The number of nitrogens with one attached hydrogen (secondary N) is 1. The van der Waals surface area contributed by atoms with Crippen LogP contribution in [0.3, 0.4) is 0 Å². The molecule has 8 nitrogen and oxygen atoms in total. The second-order valence-corrected chi connectivity index (χ2v) is 10.0. The quantitative estimate of drug-likeness (QED) is 0.532. The number of hydrogen-bond donors (Lipinski definition) is 1. The molecule has 5 rings (SSSR count). The zero-order valence-corrected chi connectivity index (χ0v) is 21.0. The molecule has 0 bridgehead atoms. The van der Waals surface area contributed by atoms with Crippen LogP contribution in [0.15, 0.2) is 52.0 Å². The molecule has 178 valence electrons. The fourth-order valence-corrected chi connectivity index (χ4v) is 5.02.